The van der Waals surface area contributed by atoms with E-state index < -0.39 is 11.9 Å². The molecule has 30 heavy (non-hydrogen) atoms. The van der Waals surface area contributed by atoms with Gasteiger partial charge >= 0.3 is 6.09 Å². The van der Waals surface area contributed by atoms with Gasteiger partial charge in [-0.25, -0.2) is 9.18 Å². The number of nitrogens with one attached hydrogen (secondary N) is 1. The van der Waals surface area contributed by atoms with Gasteiger partial charge in [0.15, 0.2) is 5.82 Å². The Morgan fingerprint density at radius 3 is 2.80 bits per heavy atom. The third kappa shape index (κ3) is 5.11. The Balaban J connectivity index is 2.01. The van der Waals surface area contributed by atoms with Crippen LogP contribution in [-0.4, -0.2) is 46.1 Å². The van der Waals surface area contributed by atoms with Crippen LogP contribution in [0.15, 0.2) is 36.4 Å². The average Bonchev–Trinajstić information content (AvgIpc) is 3.16. The quantitative estimate of drug-likeness (QED) is 0.609. The van der Waals surface area contributed by atoms with E-state index in [4.69, 9.17) is 21.1 Å². The number of tetrazole rings is 1. The van der Waals surface area contributed by atoms with Crippen molar-refractivity contribution < 1.29 is 18.7 Å². The number of ether oxygens (including phenoxy) is 2. The number of carbonyl (C=O) groups excluding carboxylic acids is 1. The topological polar surface area (TPSA) is 91.2 Å². The van der Waals surface area contributed by atoms with Gasteiger partial charge in [0.1, 0.15) is 11.6 Å². The lowest BCUT2D eigenvalue weighted by Crippen LogP contribution is -2.37. The maximum atomic E-state index is 14.5. The summed E-state index contributed by atoms with van der Waals surface area (Å²) < 4.78 is 26.5. The van der Waals surface area contributed by atoms with Gasteiger partial charge in [-0.05, 0) is 53.2 Å². The van der Waals surface area contributed by atoms with E-state index in [1.807, 2.05) is 6.92 Å². The number of benzene rings is 2. The smallest absolute Gasteiger partial charge is 0.410 e. The summed E-state index contributed by atoms with van der Waals surface area (Å²) in [5, 5.41) is 14.6. The molecule has 1 N–H and O–H groups in total. The number of amides is 1. The van der Waals surface area contributed by atoms with E-state index in [0.717, 1.165) is 0 Å². The second-order valence-electron chi connectivity index (χ2n) is 6.59. The standard InChI is InChI=1S/C20H21ClFN5O3/c1-4-19-24-25-26-27(19)15-7-13(17-6-5-14(21)9-18(17)22)8-16(10-15)30-20(28)23-12(2)11-29-3/h5-10,12H,4,11H2,1-3H3,(H,23,28). The highest BCUT2D eigenvalue weighted by atomic mass is 35.5. The second kappa shape index (κ2) is 9.64. The highest BCUT2D eigenvalue weighted by molar-refractivity contribution is 6.30. The molecule has 0 fully saturated rings. The Kier molecular flexibility index (Phi) is 6.96. The van der Waals surface area contributed by atoms with Crippen molar-refractivity contribution in [1.82, 2.24) is 25.5 Å². The van der Waals surface area contributed by atoms with E-state index >= 15 is 0 Å². The molecule has 1 heterocycles. The largest absolute Gasteiger partial charge is 0.412 e. The summed E-state index contributed by atoms with van der Waals surface area (Å²) in [7, 11) is 1.54. The molecule has 0 saturated carbocycles. The number of nitrogens with zero attached hydrogens (tertiary/aromatic N) is 4. The van der Waals surface area contributed by atoms with Gasteiger partial charge in [0.05, 0.1) is 18.3 Å². The highest BCUT2D eigenvalue weighted by Gasteiger charge is 2.16. The molecule has 158 valence electrons. The molecule has 10 heteroatoms. The fourth-order valence-corrected chi connectivity index (χ4v) is 3.06. The van der Waals surface area contributed by atoms with Gasteiger partial charge in [0.2, 0.25) is 0 Å². The minimum atomic E-state index is -0.661. The molecule has 0 bridgehead atoms. The normalized spacial score (nSPS) is 11.9. The van der Waals surface area contributed by atoms with Gasteiger partial charge in [-0.2, -0.15) is 4.68 Å². The maximum Gasteiger partial charge on any atom is 0.412 e. The molecule has 8 nitrogen and oxygen atoms in total. The number of hydrogen-bond donors (Lipinski definition) is 1. The van der Waals surface area contributed by atoms with Crippen LogP contribution >= 0.6 is 11.6 Å². The molecule has 0 spiro atoms. The molecule has 0 aliphatic rings. The lowest BCUT2D eigenvalue weighted by atomic mass is 10.0. The summed E-state index contributed by atoms with van der Waals surface area (Å²) in [4.78, 5) is 12.3. The fourth-order valence-electron chi connectivity index (χ4n) is 2.90. The van der Waals surface area contributed by atoms with E-state index in [-0.39, 0.29) is 16.8 Å². The summed E-state index contributed by atoms with van der Waals surface area (Å²) >= 11 is 5.87. The SMILES string of the molecule is CCc1nnnn1-c1cc(OC(=O)NC(C)COC)cc(-c2ccc(Cl)cc2F)c1. The molecule has 3 aromatic rings. The van der Waals surface area contributed by atoms with Crippen molar-refractivity contribution in [2.45, 2.75) is 26.3 Å². The number of halogens is 2. The van der Waals surface area contributed by atoms with Crippen LogP contribution in [0.25, 0.3) is 16.8 Å². The lowest BCUT2D eigenvalue weighted by Gasteiger charge is -2.15. The first-order valence-electron chi connectivity index (χ1n) is 9.26. The molecule has 1 unspecified atom stereocenters. The maximum absolute atomic E-state index is 14.5. The number of methoxy groups -OCH3 is 1. The zero-order valence-electron chi connectivity index (χ0n) is 16.7. The van der Waals surface area contributed by atoms with Crippen molar-refractivity contribution in [3.63, 3.8) is 0 Å². The minimum Gasteiger partial charge on any atom is -0.410 e. The molecule has 1 aromatic heterocycles. The van der Waals surface area contributed by atoms with Crippen LogP contribution in [0.3, 0.4) is 0 Å². The van der Waals surface area contributed by atoms with Gasteiger partial charge in [0, 0.05) is 30.2 Å². The number of hydrogen-bond acceptors (Lipinski definition) is 6. The molecular weight excluding hydrogens is 413 g/mol. The Bertz CT molecular complexity index is 1040. The van der Waals surface area contributed by atoms with Crippen molar-refractivity contribution in [3.8, 4) is 22.6 Å². The van der Waals surface area contributed by atoms with Crippen LogP contribution in [0.5, 0.6) is 5.75 Å². The summed E-state index contributed by atoms with van der Waals surface area (Å²) in [6.45, 7) is 4.03. The minimum absolute atomic E-state index is 0.205. The van der Waals surface area contributed by atoms with Crippen molar-refractivity contribution in [2.75, 3.05) is 13.7 Å². The van der Waals surface area contributed by atoms with Gasteiger partial charge in [-0.15, -0.1) is 5.10 Å². The highest BCUT2D eigenvalue weighted by Crippen LogP contribution is 2.31. The zero-order chi connectivity index (χ0) is 21.7. The molecule has 0 aliphatic carbocycles. The molecule has 0 radical (unpaired) electrons. The molecule has 1 amide bonds. The third-order valence-electron chi connectivity index (χ3n) is 4.22. The zero-order valence-corrected chi connectivity index (χ0v) is 17.5. The predicted molar refractivity (Wildman–Crippen MR) is 109 cm³/mol. The molecular formula is C20H21ClFN5O3. The third-order valence-corrected chi connectivity index (χ3v) is 4.45. The summed E-state index contributed by atoms with van der Waals surface area (Å²) in [6, 6.07) is 8.99. The Morgan fingerprint density at radius 1 is 1.30 bits per heavy atom. The monoisotopic (exact) mass is 433 g/mol. The predicted octanol–water partition coefficient (Wildman–Crippen LogP) is 3.81. The Labute approximate surface area is 177 Å². The molecule has 1 atom stereocenters. The van der Waals surface area contributed by atoms with Crippen molar-refractivity contribution in [2.24, 2.45) is 0 Å². The Morgan fingerprint density at radius 2 is 2.10 bits per heavy atom. The van der Waals surface area contributed by atoms with Crippen molar-refractivity contribution >= 4 is 17.7 Å². The van der Waals surface area contributed by atoms with Gasteiger partial charge in [-0.3, -0.25) is 0 Å². The molecule has 0 saturated heterocycles. The van der Waals surface area contributed by atoms with E-state index in [1.165, 1.54) is 17.9 Å². The average molecular weight is 434 g/mol. The number of rotatable bonds is 7. The first kappa shape index (κ1) is 21.7. The number of carbonyl (C=O) groups is 1. The summed E-state index contributed by atoms with van der Waals surface area (Å²) in [6.07, 6.45) is -0.0794. The second-order valence-corrected chi connectivity index (χ2v) is 7.03. The van der Waals surface area contributed by atoms with Crippen LogP contribution in [0.1, 0.15) is 19.7 Å². The first-order chi connectivity index (χ1) is 14.4. The fraction of sp³-hybridized carbons (Fsp3) is 0.300. The lowest BCUT2D eigenvalue weighted by molar-refractivity contribution is 0.159. The van der Waals surface area contributed by atoms with Crippen molar-refractivity contribution in [1.29, 1.82) is 0 Å². The summed E-state index contributed by atoms with van der Waals surface area (Å²) in [5.41, 5.74) is 1.30. The first-order valence-corrected chi connectivity index (χ1v) is 9.64. The van der Waals surface area contributed by atoms with Crippen LogP contribution < -0.4 is 10.1 Å². The van der Waals surface area contributed by atoms with Crippen LogP contribution in [-0.2, 0) is 11.2 Å². The van der Waals surface area contributed by atoms with E-state index in [2.05, 4.69) is 20.8 Å². The van der Waals surface area contributed by atoms with E-state index in [1.54, 1.807) is 37.3 Å². The number of aromatic nitrogens is 4. The van der Waals surface area contributed by atoms with Gasteiger partial charge in [0.25, 0.3) is 0 Å². The summed E-state index contributed by atoms with van der Waals surface area (Å²) in [5.74, 6) is 0.306. The molecule has 3 rings (SSSR count). The number of aryl methyl sites for hydroxylation is 1. The molecule has 2 aromatic carbocycles. The Hall–Kier alpha value is -3.04. The van der Waals surface area contributed by atoms with Crippen LogP contribution in [0.2, 0.25) is 5.02 Å². The van der Waals surface area contributed by atoms with Crippen LogP contribution in [0.4, 0.5) is 9.18 Å². The van der Waals surface area contributed by atoms with Gasteiger partial charge in [-0.1, -0.05) is 18.5 Å². The van der Waals surface area contributed by atoms with Crippen LogP contribution in [0, 0.1) is 5.82 Å². The van der Waals surface area contributed by atoms with Crippen molar-refractivity contribution in [3.05, 3.63) is 53.1 Å². The molecule has 0 aliphatic heterocycles. The van der Waals surface area contributed by atoms with Gasteiger partial charge < -0.3 is 14.8 Å². The van der Waals surface area contributed by atoms with E-state index in [9.17, 15) is 9.18 Å². The van der Waals surface area contributed by atoms with E-state index in [0.29, 0.717) is 35.7 Å².